The van der Waals surface area contributed by atoms with Crippen LogP contribution in [0.3, 0.4) is 0 Å². The van der Waals surface area contributed by atoms with Crippen LogP contribution in [0.2, 0.25) is 5.02 Å². The summed E-state index contributed by atoms with van der Waals surface area (Å²) in [4.78, 5) is 11.8. The summed E-state index contributed by atoms with van der Waals surface area (Å²) in [5.74, 6) is 0. The van der Waals surface area contributed by atoms with Gasteiger partial charge in [-0.05, 0) is 24.3 Å². The van der Waals surface area contributed by atoms with Crippen molar-refractivity contribution in [1.29, 1.82) is 0 Å². The third-order valence-electron chi connectivity index (χ3n) is 3.23. The lowest BCUT2D eigenvalue weighted by molar-refractivity contribution is 1.10. The number of nitrogens with one attached hydrogen (secondary N) is 1. The first-order chi connectivity index (χ1) is 9.34. The molecule has 0 bridgehead atoms. The fraction of sp³-hybridized carbons (Fsp3) is 0. The maximum atomic E-state index is 6.18. The van der Waals surface area contributed by atoms with E-state index in [4.69, 9.17) is 11.6 Å². The predicted molar refractivity (Wildman–Crippen MR) is 75.7 cm³/mol. The van der Waals surface area contributed by atoms with E-state index in [1.165, 1.54) is 0 Å². The van der Waals surface area contributed by atoms with E-state index in [1.807, 2.05) is 35.2 Å². The number of nitrogens with zero attached hydrogens (tertiary/aromatic N) is 3. The number of fused-ring (bicyclic) bond motifs is 2. The van der Waals surface area contributed by atoms with Gasteiger partial charge in [-0.15, -0.1) is 0 Å². The van der Waals surface area contributed by atoms with Gasteiger partial charge < -0.3 is 9.55 Å². The first-order valence-electron chi connectivity index (χ1n) is 5.88. The van der Waals surface area contributed by atoms with Crippen LogP contribution in [0.4, 0.5) is 0 Å². The molecule has 0 aliphatic carbocycles. The van der Waals surface area contributed by atoms with Crippen LogP contribution in [0.5, 0.6) is 0 Å². The monoisotopic (exact) mass is 268 g/mol. The summed E-state index contributed by atoms with van der Waals surface area (Å²) < 4.78 is 2.03. The highest BCUT2D eigenvalue weighted by molar-refractivity contribution is 6.35. The lowest BCUT2D eigenvalue weighted by Crippen LogP contribution is -1.95. The van der Waals surface area contributed by atoms with Gasteiger partial charge in [0.05, 0.1) is 10.7 Å². The molecule has 0 unspecified atom stereocenters. The number of aromatic amines is 1. The van der Waals surface area contributed by atoms with E-state index in [1.54, 1.807) is 18.5 Å². The summed E-state index contributed by atoms with van der Waals surface area (Å²) in [7, 11) is 0. The minimum atomic E-state index is 0.711. The minimum absolute atomic E-state index is 0.711. The minimum Gasteiger partial charge on any atom is -0.346 e. The SMILES string of the molecule is Clc1ccnc2c1ccn2-c1ccnc2[nH]ccc12. The van der Waals surface area contributed by atoms with Crippen molar-refractivity contribution in [2.75, 3.05) is 0 Å². The van der Waals surface area contributed by atoms with Crippen molar-refractivity contribution < 1.29 is 0 Å². The van der Waals surface area contributed by atoms with Crippen LogP contribution in [0, 0.1) is 0 Å². The first-order valence-corrected chi connectivity index (χ1v) is 6.26. The highest BCUT2D eigenvalue weighted by Gasteiger charge is 2.10. The van der Waals surface area contributed by atoms with E-state index < -0.39 is 0 Å². The second-order valence-electron chi connectivity index (χ2n) is 4.29. The summed E-state index contributed by atoms with van der Waals surface area (Å²) in [5, 5.41) is 2.72. The summed E-state index contributed by atoms with van der Waals surface area (Å²) in [6.07, 6.45) is 7.36. The Hall–Kier alpha value is -2.33. The molecule has 0 saturated carbocycles. The molecule has 19 heavy (non-hydrogen) atoms. The molecule has 92 valence electrons. The van der Waals surface area contributed by atoms with E-state index in [-0.39, 0.29) is 0 Å². The van der Waals surface area contributed by atoms with Gasteiger partial charge in [0.2, 0.25) is 0 Å². The van der Waals surface area contributed by atoms with Crippen molar-refractivity contribution in [3.63, 3.8) is 0 Å². The maximum absolute atomic E-state index is 6.18. The zero-order chi connectivity index (χ0) is 12.8. The van der Waals surface area contributed by atoms with Gasteiger partial charge >= 0.3 is 0 Å². The van der Waals surface area contributed by atoms with Crippen LogP contribution in [0.1, 0.15) is 0 Å². The lowest BCUT2D eigenvalue weighted by atomic mass is 10.3. The molecule has 0 amide bonds. The molecule has 0 saturated heterocycles. The number of H-pyrrole nitrogens is 1. The molecule has 4 aromatic rings. The quantitative estimate of drug-likeness (QED) is 0.574. The Morgan fingerprint density at radius 2 is 1.89 bits per heavy atom. The van der Waals surface area contributed by atoms with E-state index in [0.29, 0.717) is 5.02 Å². The molecule has 1 N–H and O–H groups in total. The molecule has 0 spiro atoms. The average Bonchev–Trinajstić information content (AvgIpc) is 3.05. The van der Waals surface area contributed by atoms with Gasteiger partial charge in [0.25, 0.3) is 0 Å². The molecule has 4 nitrogen and oxygen atoms in total. The molecule has 0 fully saturated rings. The zero-order valence-corrected chi connectivity index (χ0v) is 10.6. The topological polar surface area (TPSA) is 46.5 Å². The Balaban J connectivity index is 2.10. The number of hydrogen-bond acceptors (Lipinski definition) is 2. The molecule has 0 radical (unpaired) electrons. The number of rotatable bonds is 1. The van der Waals surface area contributed by atoms with Crippen LogP contribution in [-0.2, 0) is 0 Å². The molecule has 5 heteroatoms. The highest BCUT2D eigenvalue weighted by atomic mass is 35.5. The molecule has 0 aromatic carbocycles. The predicted octanol–water partition coefficient (Wildman–Crippen LogP) is 3.56. The molecule has 0 aliphatic rings. The van der Waals surface area contributed by atoms with Gasteiger partial charge in [-0.1, -0.05) is 11.6 Å². The van der Waals surface area contributed by atoms with Crippen LogP contribution in [-0.4, -0.2) is 19.5 Å². The van der Waals surface area contributed by atoms with Crippen LogP contribution in [0.25, 0.3) is 27.8 Å². The smallest absolute Gasteiger partial charge is 0.145 e. The fourth-order valence-corrected chi connectivity index (χ4v) is 2.56. The summed E-state index contributed by atoms with van der Waals surface area (Å²) in [6.45, 7) is 0. The van der Waals surface area contributed by atoms with Gasteiger partial charge in [-0.3, -0.25) is 0 Å². The molecule has 4 aromatic heterocycles. The van der Waals surface area contributed by atoms with Crippen molar-refractivity contribution in [3.05, 3.63) is 54.1 Å². The van der Waals surface area contributed by atoms with Gasteiger partial charge in [0.1, 0.15) is 11.3 Å². The van der Waals surface area contributed by atoms with Crippen LogP contribution < -0.4 is 0 Å². The fourth-order valence-electron chi connectivity index (χ4n) is 2.36. The van der Waals surface area contributed by atoms with Crippen molar-refractivity contribution in [2.45, 2.75) is 0 Å². The Bertz CT molecular complexity index is 891. The molecule has 4 heterocycles. The van der Waals surface area contributed by atoms with Gasteiger partial charge in [0, 0.05) is 35.6 Å². The third-order valence-corrected chi connectivity index (χ3v) is 3.56. The van der Waals surface area contributed by atoms with Gasteiger partial charge in [0.15, 0.2) is 0 Å². The molecule has 0 aliphatic heterocycles. The summed E-state index contributed by atoms with van der Waals surface area (Å²) in [6, 6.07) is 7.75. The number of pyridine rings is 2. The van der Waals surface area contributed by atoms with Crippen molar-refractivity contribution >= 4 is 33.7 Å². The maximum Gasteiger partial charge on any atom is 0.145 e. The Morgan fingerprint density at radius 1 is 1.00 bits per heavy atom. The molecular formula is C14H9ClN4. The van der Waals surface area contributed by atoms with Crippen molar-refractivity contribution in [2.24, 2.45) is 0 Å². The standard InChI is InChI=1S/C14H9ClN4/c15-11-2-6-18-14-9(11)4-8-19(14)12-3-7-17-13-10(12)1-5-16-13/h1-8H,(H,16,17). The highest BCUT2D eigenvalue weighted by Crippen LogP contribution is 2.27. The number of hydrogen-bond donors (Lipinski definition) is 1. The molecule has 0 atom stereocenters. The Morgan fingerprint density at radius 3 is 2.84 bits per heavy atom. The largest absolute Gasteiger partial charge is 0.346 e. The van der Waals surface area contributed by atoms with Crippen LogP contribution in [0.15, 0.2) is 49.1 Å². The van der Waals surface area contributed by atoms with E-state index in [9.17, 15) is 0 Å². The number of halogens is 1. The Kier molecular flexibility index (Phi) is 2.13. The normalized spacial score (nSPS) is 11.4. The average molecular weight is 269 g/mol. The van der Waals surface area contributed by atoms with Gasteiger partial charge in [-0.2, -0.15) is 0 Å². The van der Waals surface area contributed by atoms with Gasteiger partial charge in [-0.25, -0.2) is 9.97 Å². The van der Waals surface area contributed by atoms with E-state index in [2.05, 4.69) is 15.0 Å². The lowest BCUT2D eigenvalue weighted by Gasteiger charge is -2.06. The Labute approximate surface area is 113 Å². The molecule has 4 rings (SSSR count). The summed E-state index contributed by atoms with van der Waals surface area (Å²) >= 11 is 6.18. The van der Waals surface area contributed by atoms with E-state index >= 15 is 0 Å². The molecular weight excluding hydrogens is 260 g/mol. The van der Waals surface area contributed by atoms with Crippen molar-refractivity contribution in [1.82, 2.24) is 19.5 Å². The number of aromatic nitrogens is 4. The second kappa shape index (κ2) is 3.83. The van der Waals surface area contributed by atoms with Crippen LogP contribution >= 0.6 is 11.6 Å². The summed E-state index contributed by atoms with van der Waals surface area (Å²) in [5.41, 5.74) is 2.75. The third kappa shape index (κ3) is 1.47. The zero-order valence-electron chi connectivity index (χ0n) is 9.84. The van der Waals surface area contributed by atoms with Crippen molar-refractivity contribution in [3.8, 4) is 5.69 Å². The second-order valence-corrected chi connectivity index (χ2v) is 4.69. The van der Waals surface area contributed by atoms with E-state index in [0.717, 1.165) is 27.8 Å². The first kappa shape index (κ1) is 10.6.